The molecule has 2 amide bonds. The van der Waals surface area contributed by atoms with Crippen LogP contribution in [0.4, 0.5) is 11.4 Å². The minimum atomic E-state index is -0.157. The van der Waals surface area contributed by atoms with Gasteiger partial charge < -0.3 is 10.6 Å². The van der Waals surface area contributed by atoms with Gasteiger partial charge in [-0.15, -0.1) is 0 Å². The molecule has 0 aromatic heterocycles. The predicted molar refractivity (Wildman–Crippen MR) is 94.2 cm³/mol. The summed E-state index contributed by atoms with van der Waals surface area (Å²) in [6.45, 7) is 0. The Morgan fingerprint density at radius 1 is 0.875 bits per heavy atom. The second-order valence-electron chi connectivity index (χ2n) is 6.64. The molecule has 24 heavy (non-hydrogen) atoms. The van der Waals surface area contributed by atoms with Gasteiger partial charge in [-0.1, -0.05) is 12.1 Å². The third-order valence-corrected chi connectivity index (χ3v) is 4.70. The Kier molecular flexibility index (Phi) is 3.81. The Hall–Kier alpha value is -2.62. The zero-order chi connectivity index (χ0) is 16.5. The van der Waals surface area contributed by atoms with E-state index in [1.807, 2.05) is 12.1 Å². The summed E-state index contributed by atoms with van der Waals surface area (Å²) in [5, 5.41) is 5.83. The molecule has 0 saturated heterocycles. The third-order valence-electron chi connectivity index (χ3n) is 4.70. The van der Waals surface area contributed by atoms with E-state index in [2.05, 4.69) is 22.8 Å². The summed E-state index contributed by atoms with van der Waals surface area (Å²) >= 11 is 0. The highest BCUT2D eigenvalue weighted by Crippen LogP contribution is 2.30. The Balaban J connectivity index is 1.46. The summed E-state index contributed by atoms with van der Waals surface area (Å²) in [6.07, 6.45) is 5.33. The molecule has 2 aliphatic rings. The van der Waals surface area contributed by atoms with Crippen LogP contribution in [0.3, 0.4) is 0 Å². The molecule has 2 aromatic rings. The lowest BCUT2D eigenvalue weighted by atomic mass is 10.1. The molecule has 4 heteroatoms. The first-order valence-corrected chi connectivity index (χ1v) is 8.53. The largest absolute Gasteiger partial charge is 0.326 e. The van der Waals surface area contributed by atoms with E-state index in [4.69, 9.17) is 0 Å². The van der Waals surface area contributed by atoms with Crippen molar-refractivity contribution in [1.29, 1.82) is 0 Å². The summed E-state index contributed by atoms with van der Waals surface area (Å²) in [6, 6.07) is 13.2. The average Bonchev–Trinajstić information content (AvgIpc) is 3.34. The number of amides is 2. The summed E-state index contributed by atoms with van der Waals surface area (Å²) in [4.78, 5) is 24.3. The summed E-state index contributed by atoms with van der Waals surface area (Å²) in [7, 11) is 0. The predicted octanol–water partition coefficient (Wildman–Crippen LogP) is 3.78. The molecule has 2 aliphatic carbocycles. The maximum atomic E-state index is 12.5. The van der Waals surface area contributed by atoms with Gasteiger partial charge in [-0.2, -0.15) is 0 Å². The van der Waals surface area contributed by atoms with Gasteiger partial charge in [0.1, 0.15) is 0 Å². The lowest BCUT2D eigenvalue weighted by molar-refractivity contribution is -0.117. The van der Waals surface area contributed by atoms with Gasteiger partial charge in [0.05, 0.1) is 0 Å². The van der Waals surface area contributed by atoms with E-state index >= 15 is 0 Å². The maximum absolute atomic E-state index is 12.5. The van der Waals surface area contributed by atoms with Crippen LogP contribution in [0.5, 0.6) is 0 Å². The molecule has 0 spiro atoms. The number of anilines is 2. The fourth-order valence-electron chi connectivity index (χ4n) is 3.18. The van der Waals surface area contributed by atoms with Gasteiger partial charge in [0.15, 0.2) is 0 Å². The average molecular weight is 320 g/mol. The van der Waals surface area contributed by atoms with E-state index in [9.17, 15) is 9.59 Å². The SMILES string of the molecule is O=C(Nc1ccc2c(c1)CCC2)c1cccc(NC(=O)C2CC2)c1. The topological polar surface area (TPSA) is 58.2 Å². The van der Waals surface area contributed by atoms with Gasteiger partial charge in [-0.3, -0.25) is 9.59 Å². The number of rotatable bonds is 4. The van der Waals surface area contributed by atoms with Crippen LogP contribution < -0.4 is 10.6 Å². The van der Waals surface area contributed by atoms with Crippen LogP contribution in [0.1, 0.15) is 40.7 Å². The first-order chi connectivity index (χ1) is 11.7. The summed E-state index contributed by atoms with van der Waals surface area (Å²) < 4.78 is 0. The molecular formula is C20H20N2O2. The van der Waals surface area contributed by atoms with Crippen LogP contribution in [0.15, 0.2) is 42.5 Å². The van der Waals surface area contributed by atoms with Crippen molar-refractivity contribution in [3.8, 4) is 0 Å². The van der Waals surface area contributed by atoms with E-state index in [-0.39, 0.29) is 17.7 Å². The van der Waals surface area contributed by atoms with E-state index < -0.39 is 0 Å². The second-order valence-corrected chi connectivity index (χ2v) is 6.64. The van der Waals surface area contributed by atoms with Crippen molar-refractivity contribution >= 4 is 23.2 Å². The first-order valence-electron chi connectivity index (χ1n) is 8.53. The molecule has 4 rings (SSSR count). The number of fused-ring (bicyclic) bond motifs is 1. The second kappa shape index (κ2) is 6.11. The lowest BCUT2D eigenvalue weighted by Gasteiger charge is -2.09. The maximum Gasteiger partial charge on any atom is 0.255 e. The monoisotopic (exact) mass is 320 g/mol. The minimum absolute atomic E-state index is 0.0474. The number of carbonyl (C=O) groups excluding carboxylic acids is 2. The van der Waals surface area contributed by atoms with E-state index in [0.717, 1.165) is 31.4 Å². The van der Waals surface area contributed by atoms with Crippen molar-refractivity contribution in [2.45, 2.75) is 32.1 Å². The summed E-state index contributed by atoms with van der Waals surface area (Å²) in [5.74, 6) is 0.0375. The molecule has 2 aromatic carbocycles. The van der Waals surface area contributed by atoms with Crippen molar-refractivity contribution in [1.82, 2.24) is 0 Å². The number of hydrogen-bond acceptors (Lipinski definition) is 2. The minimum Gasteiger partial charge on any atom is -0.326 e. The van der Waals surface area contributed by atoms with Crippen LogP contribution in [-0.4, -0.2) is 11.8 Å². The summed E-state index contributed by atoms with van der Waals surface area (Å²) in [5.41, 5.74) is 4.77. The Bertz CT molecular complexity index is 809. The van der Waals surface area contributed by atoms with Gasteiger partial charge in [0.25, 0.3) is 5.91 Å². The number of hydrogen-bond donors (Lipinski definition) is 2. The Morgan fingerprint density at radius 3 is 2.50 bits per heavy atom. The Labute approximate surface area is 141 Å². The number of benzene rings is 2. The van der Waals surface area contributed by atoms with Gasteiger partial charge in [0, 0.05) is 22.9 Å². The molecule has 0 bridgehead atoms. The van der Waals surface area contributed by atoms with Crippen LogP contribution in [0.25, 0.3) is 0 Å². The van der Waals surface area contributed by atoms with Crippen LogP contribution in [0.2, 0.25) is 0 Å². The van der Waals surface area contributed by atoms with Crippen LogP contribution in [0, 0.1) is 5.92 Å². The molecule has 0 aliphatic heterocycles. The highest BCUT2D eigenvalue weighted by atomic mass is 16.2. The van der Waals surface area contributed by atoms with Gasteiger partial charge in [0.2, 0.25) is 5.91 Å². The molecule has 0 atom stereocenters. The van der Waals surface area contributed by atoms with E-state index in [0.29, 0.717) is 11.3 Å². The van der Waals surface area contributed by atoms with Crippen molar-refractivity contribution in [3.63, 3.8) is 0 Å². The molecule has 122 valence electrons. The Morgan fingerprint density at radius 2 is 1.67 bits per heavy atom. The number of aryl methyl sites for hydroxylation is 2. The quantitative estimate of drug-likeness (QED) is 0.901. The number of nitrogens with one attached hydrogen (secondary N) is 2. The normalized spacial score (nSPS) is 15.7. The van der Waals surface area contributed by atoms with Crippen molar-refractivity contribution in [2.75, 3.05) is 10.6 Å². The van der Waals surface area contributed by atoms with E-state index in [1.165, 1.54) is 17.5 Å². The van der Waals surface area contributed by atoms with Gasteiger partial charge in [-0.05, 0) is 73.6 Å². The fourth-order valence-corrected chi connectivity index (χ4v) is 3.18. The van der Waals surface area contributed by atoms with Crippen molar-refractivity contribution in [3.05, 3.63) is 59.2 Å². The molecular weight excluding hydrogens is 300 g/mol. The molecule has 1 fully saturated rings. The number of carbonyl (C=O) groups is 2. The van der Waals surface area contributed by atoms with Crippen LogP contribution >= 0.6 is 0 Å². The zero-order valence-corrected chi connectivity index (χ0v) is 13.5. The van der Waals surface area contributed by atoms with Crippen molar-refractivity contribution in [2.24, 2.45) is 5.92 Å². The molecule has 0 radical (unpaired) electrons. The van der Waals surface area contributed by atoms with Gasteiger partial charge in [-0.25, -0.2) is 0 Å². The highest BCUT2D eigenvalue weighted by molar-refractivity contribution is 6.05. The highest BCUT2D eigenvalue weighted by Gasteiger charge is 2.29. The van der Waals surface area contributed by atoms with Crippen molar-refractivity contribution < 1.29 is 9.59 Å². The molecule has 0 heterocycles. The third kappa shape index (κ3) is 3.18. The first kappa shape index (κ1) is 14.9. The molecule has 4 nitrogen and oxygen atoms in total. The smallest absolute Gasteiger partial charge is 0.255 e. The fraction of sp³-hybridized carbons (Fsp3) is 0.300. The lowest BCUT2D eigenvalue weighted by Crippen LogP contribution is -2.15. The molecule has 2 N–H and O–H groups in total. The van der Waals surface area contributed by atoms with Gasteiger partial charge >= 0.3 is 0 Å². The van der Waals surface area contributed by atoms with E-state index in [1.54, 1.807) is 18.2 Å². The standard InChI is InChI=1S/C20H20N2O2/c23-19(14-7-8-14)21-17-6-2-5-16(12-17)20(24)22-18-10-9-13-3-1-4-15(13)11-18/h2,5-6,9-12,14H,1,3-4,7-8H2,(H,21,23)(H,22,24). The zero-order valence-electron chi connectivity index (χ0n) is 13.5. The molecule has 0 unspecified atom stereocenters. The van der Waals surface area contributed by atoms with Crippen LogP contribution in [-0.2, 0) is 17.6 Å². The molecule has 1 saturated carbocycles.